The van der Waals surface area contributed by atoms with Crippen molar-refractivity contribution in [3.63, 3.8) is 0 Å². The van der Waals surface area contributed by atoms with E-state index in [1.165, 1.54) is 18.7 Å². The van der Waals surface area contributed by atoms with Crippen molar-refractivity contribution < 1.29 is 14.3 Å². The summed E-state index contributed by atoms with van der Waals surface area (Å²) in [5.74, 6) is 1.92. The van der Waals surface area contributed by atoms with Crippen LogP contribution >= 0.6 is 11.8 Å². The molecule has 1 amide bonds. The van der Waals surface area contributed by atoms with Crippen LogP contribution in [0.5, 0.6) is 11.5 Å². The van der Waals surface area contributed by atoms with Crippen LogP contribution in [-0.4, -0.2) is 45.6 Å². The van der Waals surface area contributed by atoms with Gasteiger partial charge in [0.15, 0.2) is 11.5 Å². The van der Waals surface area contributed by atoms with Crippen LogP contribution in [0.15, 0.2) is 53.7 Å². The number of methoxy groups -OCH3 is 1. The summed E-state index contributed by atoms with van der Waals surface area (Å²) in [6.07, 6.45) is 0. The first-order valence-corrected chi connectivity index (χ1v) is 9.21. The van der Waals surface area contributed by atoms with Gasteiger partial charge < -0.3 is 14.8 Å². The summed E-state index contributed by atoms with van der Waals surface area (Å²) >= 11 is 1.47. The molecular formula is C18H19N5O3S. The number of ether oxygens (including phenoxy) is 2. The zero-order chi connectivity index (χ0) is 19.1. The molecular weight excluding hydrogens is 366 g/mol. The first-order valence-electron chi connectivity index (χ1n) is 8.22. The van der Waals surface area contributed by atoms with Crippen LogP contribution in [0.1, 0.15) is 6.92 Å². The Balaban J connectivity index is 1.61. The lowest BCUT2D eigenvalue weighted by Gasteiger charge is -2.10. The average Bonchev–Trinajstić information content (AvgIpc) is 3.14. The number of benzene rings is 2. The summed E-state index contributed by atoms with van der Waals surface area (Å²) < 4.78 is 12.7. The Morgan fingerprint density at radius 2 is 2.00 bits per heavy atom. The van der Waals surface area contributed by atoms with Crippen molar-refractivity contribution in [2.75, 3.05) is 24.8 Å². The van der Waals surface area contributed by atoms with Crippen molar-refractivity contribution in [3.05, 3.63) is 48.5 Å². The molecule has 0 aliphatic rings. The smallest absolute Gasteiger partial charge is 0.221 e. The fourth-order valence-electron chi connectivity index (χ4n) is 2.37. The third-order valence-corrected chi connectivity index (χ3v) is 4.38. The van der Waals surface area contributed by atoms with Gasteiger partial charge in [0.25, 0.3) is 0 Å². The molecule has 27 heavy (non-hydrogen) atoms. The van der Waals surface area contributed by atoms with Crippen LogP contribution < -0.4 is 14.8 Å². The van der Waals surface area contributed by atoms with Crippen molar-refractivity contribution >= 4 is 23.4 Å². The van der Waals surface area contributed by atoms with Gasteiger partial charge in [-0.1, -0.05) is 30.0 Å². The standard InChI is InChI=1S/C18H19N5O3S/c1-13(24)19-14-6-5-7-15(12-14)23-18(20-21-22-23)27-11-10-26-17-9-4-3-8-16(17)25-2/h3-9,12H,10-11H2,1-2H3,(H,19,24). The number of rotatable bonds is 8. The minimum absolute atomic E-state index is 0.132. The molecule has 0 aliphatic heterocycles. The third kappa shape index (κ3) is 4.98. The number of para-hydroxylation sites is 2. The van der Waals surface area contributed by atoms with Crippen LogP contribution in [0.25, 0.3) is 5.69 Å². The Bertz CT molecular complexity index is 915. The molecule has 0 saturated heterocycles. The average molecular weight is 385 g/mol. The topological polar surface area (TPSA) is 91.2 Å². The van der Waals surface area contributed by atoms with E-state index in [0.29, 0.717) is 34.7 Å². The zero-order valence-electron chi connectivity index (χ0n) is 15.0. The fourth-order valence-corrected chi connectivity index (χ4v) is 3.08. The predicted octanol–water partition coefficient (Wildman–Crippen LogP) is 2.80. The van der Waals surface area contributed by atoms with Gasteiger partial charge in [-0.15, -0.1) is 5.10 Å². The van der Waals surface area contributed by atoms with Gasteiger partial charge in [-0.3, -0.25) is 4.79 Å². The maximum atomic E-state index is 11.2. The third-order valence-electron chi connectivity index (χ3n) is 3.49. The monoisotopic (exact) mass is 385 g/mol. The Labute approximate surface area is 160 Å². The summed E-state index contributed by atoms with van der Waals surface area (Å²) in [7, 11) is 1.61. The number of aromatic nitrogens is 4. The first-order chi connectivity index (χ1) is 13.2. The van der Waals surface area contributed by atoms with Crippen molar-refractivity contribution in [1.29, 1.82) is 0 Å². The molecule has 0 bridgehead atoms. The van der Waals surface area contributed by atoms with Gasteiger partial charge in [0.05, 0.1) is 19.4 Å². The van der Waals surface area contributed by atoms with E-state index >= 15 is 0 Å². The van der Waals surface area contributed by atoms with Gasteiger partial charge in [-0.2, -0.15) is 4.68 Å². The number of nitrogens with zero attached hydrogens (tertiary/aromatic N) is 4. The molecule has 1 N–H and O–H groups in total. The summed E-state index contributed by atoms with van der Waals surface area (Å²) in [4.78, 5) is 11.2. The highest BCUT2D eigenvalue weighted by atomic mass is 32.2. The molecule has 140 valence electrons. The molecule has 0 spiro atoms. The largest absolute Gasteiger partial charge is 0.493 e. The lowest BCUT2D eigenvalue weighted by molar-refractivity contribution is -0.114. The lowest BCUT2D eigenvalue weighted by Crippen LogP contribution is -2.07. The maximum absolute atomic E-state index is 11.2. The molecule has 1 heterocycles. The normalized spacial score (nSPS) is 10.4. The van der Waals surface area contributed by atoms with Crippen molar-refractivity contribution in [2.45, 2.75) is 12.1 Å². The summed E-state index contributed by atoms with van der Waals surface area (Å²) in [5, 5.41) is 15.2. The molecule has 9 heteroatoms. The fraction of sp³-hybridized carbons (Fsp3) is 0.222. The van der Waals surface area contributed by atoms with Crippen molar-refractivity contribution in [3.8, 4) is 17.2 Å². The van der Waals surface area contributed by atoms with Crippen molar-refractivity contribution in [2.24, 2.45) is 0 Å². The molecule has 2 aromatic carbocycles. The van der Waals surface area contributed by atoms with Crippen molar-refractivity contribution in [1.82, 2.24) is 20.2 Å². The van der Waals surface area contributed by atoms with E-state index in [1.54, 1.807) is 11.8 Å². The predicted molar refractivity (Wildman–Crippen MR) is 103 cm³/mol. The van der Waals surface area contributed by atoms with E-state index < -0.39 is 0 Å². The molecule has 0 unspecified atom stereocenters. The molecule has 0 atom stereocenters. The van der Waals surface area contributed by atoms with E-state index in [1.807, 2.05) is 48.5 Å². The SMILES string of the molecule is COc1ccccc1OCCSc1nnnn1-c1cccc(NC(C)=O)c1. The number of amides is 1. The molecule has 0 aliphatic carbocycles. The number of carbonyl (C=O) groups excluding carboxylic acids is 1. The van der Waals surface area contributed by atoms with Crippen LogP contribution in [0.2, 0.25) is 0 Å². The number of anilines is 1. The molecule has 8 nitrogen and oxygen atoms in total. The Kier molecular flexibility index (Phi) is 6.26. The van der Waals surface area contributed by atoms with E-state index in [2.05, 4.69) is 20.8 Å². The number of thioether (sulfide) groups is 1. The minimum Gasteiger partial charge on any atom is -0.493 e. The molecule has 0 saturated carbocycles. The van der Waals surface area contributed by atoms with Gasteiger partial charge in [-0.05, 0) is 40.8 Å². The van der Waals surface area contributed by atoms with Gasteiger partial charge in [0.2, 0.25) is 11.1 Å². The molecule has 3 aromatic rings. The Morgan fingerprint density at radius 3 is 2.78 bits per heavy atom. The molecule has 1 aromatic heterocycles. The van der Waals surface area contributed by atoms with E-state index in [0.717, 1.165) is 5.69 Å². The van der Waals surface area contributed by atoms with Crippen LogP contribution in [0.3, 0.4) is 0 Å². The number of hydrogen-bond donors (Lipinski definition) is 1. The van der Waals surface area contributed by atoms with Crippen LogP contribution in [0.4, 0.5) is 5.69 Å². The zero-order valence-corrected chi connectivity index (χ0v) is 15.8. The first kappa shape index (κ1) is 18.7. The molecule has 3 rings (SSSR count). The van der Waals surface area contributed by atoms with Gasteiger partial charge in [-0.25, -0.2) is 0 Å². The van der Waals surface area contributed by atoms with Crippen LogP contribution in [-0.2, 0) is 4.79 Å². The quantitative estimate of drug-likeness (QED) is 0.471. The second kappa shape index (κ2) is 9.04. The van der Waals surface area contributed by atoms with Gasteiger partial charge >= 0.3 is 0 Å². The summed E-state index contributed by atoms with van der Waals surface area (Å²) in [6, 6.07) is 14.8. The number of hydrogen-bond acceptors (Lipinski definition) is 7. The van der Waals surface area contributed by atoms with E-state index in [9.17, 15) is 4.79 Å². The Morgan fingerprint density at radius 1 is 1.19 bits per heavy atom. The lowest BCUT2D eigenvalue weighted by atomic mass is 10.3. The number of carbonyl (C=O) groups is 1. The van der Waals surface area contributed by atoms with E-state index in [-0.39, 0.29) is 5.91 Å². The number of tetrazole rings is 1. The van der Waals surface area contributed by atoms with Gasteiger partial charge in [0.1, 0.15) is 0 Å². The Hall–Kier alpha value is -3.07. The highest BCUT2D eigenvalue weighted by Gasteiger charge is 2.10. The van der Waals surface area contributed by atoms with Crippen LogP contribution in [0, 0.1) is 0 Å². The molecule has 0 fully saturated rings. The van der Waals surface area contributed by atoms with E-state index in [4.69, 9.17) is 9.47 Å². The second-order valence-electron chi connectivity index (χ2n) is 5.45. The number of nitrogens with one attached hydrogen (secondary N) is 1. The molecule has 0 radical (unpaired) electrons. The highest BCUT2D eigenvalue weighted by Crippen LogP contribution is 2.26. The maximum Gasteiger partial charge on any atom is 0.221 e. The summed E-state index contributed by atoms with van der Waals surface area (Å²) in [5.41, 5.74) is 1.45. The minimum atomic E-state index is -0.132. The van der Waals surface area contributed by atoms with Gasteiger partial charge in [0, 0.05) is 18.4 Å². The second-order valence-corrected chi connectivity index (χ2v) is 6.51. The highest BCUT2D eigenvalue weighted by molar-refractivity contribution is 7.99. The summed E-state index contributed by atoms with van der Waals surface area (Å²) in [6.45, 7) is 1.94.